The van der Waals surface area contributed by atoms with E-state index in [4.69, 9.17) is 15.0 Å². The van der Waals surface area contributed by atoms with Crippen molar-refractivity contribution in [2.24, 2.45) is 5.73 Å². The number of rotatable bonds is 4. The topological polar surface area (TPSA) is 92.0 Å². The average Bonchev–Trinajstić information content (AvgIpc) is 3.35. The maximum atomic E-state index is 6.37. The van der Waals surface area contributed by atoms with E-state index in [9.17, 15) is 0 Å². The molecular weight excluding hydrogens is 306 g/mol. The van der Waals surface area contributed by atoms with Gasteiger partial charge >= 0.3 is 0 Å². The lowest BCUT2D eigenvalue weighted by atomic mass is 9.99. The van der Waals surface area contributed by atoms with Gasteiger partial charge in [0.25, 0.3) is 5.89 Å². The molecule has 0 radical (unpaired) electrons. The lowest BCUT2D eigenvalue weighted by molar-refractivity contribution is 0.372. The zero-order chi connectivity index (χ0) is 16.6. The highest BCUT2D eigenvalue weighted by Gasteiger charge is 2.36. The summed E-state index contributed by atoms with van der Waals surface area (Å²) in [6.45, 7) is 0. The fraction of sp³-hybridized carbons (Fsp3) is 0.353. The second kappa shape index (κ2) is 5.76. The van der Waals surface area contributed by atoms with Gasteiger partial charge in [0.2, 0.25) is 0 Å². The van der Waals surface area contributed by atoms with Crippen LogP contribution in [0.2, 0.25) is 0 Å². The van der Waals surface area contributed by atoms with Crippen molar-refractivity contribution in [2.75, 3.05) is 7.11 Å². The summed E-state index contributed by atoms with van der Waals surface area (Å²) in [6.07, 6.45) is 5.85. The van der Waals surface area contributed by atoms with Gasteiger partial charge in [-0.05, 0) is 43.2 Å². The van der Waals surface area contributed by atoms with Gasteiger partial charge in [0, 0.05) is 6.20 Å². The molecule has 2 N–H and O–H groups in total. The van der Waals surface area contributed by atoms with Crippen molar-refractivity contribution in [3.8, 4) is 23.0 Å². The van der Waals surface area contributed by atoms with Gasteiger partial charge in [0.05, 0.1) is 18.3 Å². The van der Waals surface area contributed by atoms with Crippen molar-refractivity contribution < 1.29 is 9.26 Å². The minimum Gasteiger partial charge on any atom is -0.497 e. The monoisotopic (exact) mass is 325 g/mol. The number of methoxy groups -OCH3 is 1. The van der Waals surface area contributed by atoms with E-state index in [-0.39, 0.29) is 0 Å². The van der Waals surface area contributed by atoms with Crippen molar-refractivity contribution in [3.63, 3.8) is 0 Å². The maximum Gasteiger partial charge on any atom is 0.278 e. The standard InChI is InChI=1S/C17H19N5O2/c1-23-13-6-4-12(5-7-13)22-11-8-14(20-22)15-19-16(21-24-15)17(18)9-2-3-10-17/h4-8,11H,2-3,9-10,18H2,1H3. The lowest BCUT2D eigenvalue weighted by Gasteiger charge is -2.17. The van der Waals surface area contributed by atoms with Crippen LogP contribution in [0.3, 0.4) is 0 Å². The second-order valence-corrected chi connectivity index (χ2v) is 6.13. The molecule has 0 unspecified atom stereocenters. The Balaban J connectivity index is 1.59. The molecule has 0 amide bonds. The molecule has 1 saturated carbocycles. The summed E-state index contributed by atoms with van der Waals surface area (Å²) in [5.41, 5.74) is 7.47. The van der Waals surface area contributed by atoms with Gasteiger partial charge in [-0.1, -0.05) is 18.0 Å². The van der Waals surface area contributed by atoms with E-state index in [0.29, 0.717) is 17.4 Å². The second-order valence-electron chi connectivity index (χ2n) is 6.13. The molecule has 1 aliphatic rings. The molecule has 1 fully saturated rings. The predicted octanol–water partition coefficient (Wildman–Crippen LogP) is 2.66. The molecule has 1 aliphatic carbocycles. The Hall–Kier alpha value is -2.67. The first-order chi connectivity index (χ1) is 11.7. The summed E-state index contributed by atoms with van der Waals surface area (Å²) in [6, 6.07) is 9.49. The minimum atomic E-state index is -0.458. The first-order valence-electron chi connectivity index (χ1n) is 8.01. The van der Waals surface area contributed by atoms with E-state index in [1.54, 1.807) is 11.8 Å². The molecule has 0 saturated heterocycles. The largest absolute Gasteiger partial charge is 0.497 e. The zero-order valence-electron chi connectivity index (χ0n) is 13.5. The van der Waals surface area contributed by atoms with Crippen LogP contribution in [-0.4, -0.2) is 27.0 Å². The summed E-state index contributed by atoms with van der Waals surface area (Å²) in [5.74, 6) is 1.78. The fourth-order valence-corrected chi connectivity index (χ4v) is 3.08. The van der Waals surface area contributed by atoms with Crippen LogP contribution in [0.25, 0.3) is 17.3 Å². The highest BCUT2D eigenvalue weighted by molar-refractivity contribution is 5.47. The van der Waals surface area contributed by atoms with Gasteiger partial charge in [-0.2, -0.15) is 10.1 Å². The lowest BCUT2D eigenvalue weighted by Crippen LogP contribution is -2.34. The predicted molar refractivity (Wildman–Crippen MR) is 87.7 cm³/mol. The van der Waals surface area contributed by atoms with E-state index in [1.807, 2.05) is 36.5 Å². The summed E-state index contributed by atoms with van der Waals surface area (Å²) < 4.78 is 12.3. The molecule has 7 heteroatoms. The van der Waals surface area contributed by atoms with E-state index < -0.39 is 5.54 Å². The first kappa shape index (κ1) is 14.9. The quantitative estimate of drug-likeness (QED) is 0.793. The highest BCUT2D eigenvalue weighted by atomic mass is 16.5. The molecule has 1 aromatic carbocycles. The van der Waals surface area contributed by atoms with E-state index in [0.717, 1.165) is 37.1 Å². The zero-order valence-corrected chi connectivity index (χ0v) is 13.5. The van der Waals surface area contributed by atoms with Crippen LogP contribution in [0.1, 0.15) is 31.5 Å². The molecule has 3 aromatic rings. The Bertz CT molecular complexity index is 831. The summed E-state index contributed by atoms with van der Waals surface area (Å²) >= 11 is 0. The van der Waals surface area contributed by atoms with Crippen LogP contribution in [0.15, 0.2) is 41.1 Å². The molecule has 24 heavy (non-hydrogen) atoms. The maximum absolute atomic E-state index is 6.37. The van der Waals surface area contributed by atoms with Gasteiger partial charge in [-0.15, -0.1) is 0 Å². The molecule has 0 bridgehead atoms. The van der Waals surface area contributed by atoms with Crippen molar-refractivity contribution >= 4 is 0 Å². The summed E-state index contributed by atoms with van der Waals surface area (Å²) in [5, 5.41) is 8.58. The Morgan fingerprint density at radius 1 is 1.17 bits per heavy atom. The van der Waals surface area contributed by atoms with Crippen molar-refractivity contribution in [1.82, 2.24) is 19.9 Å². The number of aromatic nitrogens is 4. The van der Waals surface area contributed by atoms with Crippen LogP contribution in [0.5, 0.6) is 5.75 Å². The van der Waals surface area contributed by atoms with Crippen molar-refractivity contribution in [3.05, 3.63) is 42.4 Å². The van der Waals surface area contributed by atoms with Crippen LogP contribution in [0.4, 0.5) is 0 Å². The first-order valence-corrected chi connectivity index (χ1v) is 8.01. The van der Waals surface area contributed by atoms with Gasteiger partial charge in [0.1, 0.15) is 5.75 Å². The number of hydrogen-bond donors (Lipinski definition) is 1. The Morgan fingerprint density at radius 3 is 2.62 bits per heavy atom. The smallest absolute Gasteiger partial charge is 0.278 e. The molecule has 2 aromatic heterocycles. The molecule has 124 valence electrons. The van der Waals surface area contributed by atoms with E-state index in [2.05, 4.69) is 15.2 Å². The van der Waals surface area contributed by atoms with Gasteiger partial charge in [-0.3, -0.25) is 0 Å². The molecule has 0 spiro atoms. The van der Waals surface area contributed by atoms with Crippen LogP contribution < -0.4 is 10.5 Å². The Morgan fingerprint density at radius 2 is 1.92 bits per heavy atom. The molecule has 7 nitrogen and oxygen atoms in total. The Kier molecular flexibility index (Phi) is 3.57. The molecular formula is C17H19N5O2. The summed E-state index contributed by atoms with van der Waals surface area (Å²) in [7, 11) is 1.64. The minimum absolute atomic E-state index is 0.397. The van der Waals surface area contributed by atoms with E-state index >= 15 is 0 Å². The normalized spacial score (nSPS) is 16.4. The van der Waals surface area contributed by atoms with Crippen LogP contribution in [0, 0.1) is 0 Å². The van der Waals surface area contributed by atoms with Crippen LogP contribution in [-0.2, 0) is 5.54 Å². The number of nitrogens with two attached hydrogens (primary N) is 1. The SMILES string of the molecule is COc1ccc(-n2ccc(-c3nc(C4(N)CCCC4)no3)n2)cc1. The molecule has 2 heterocycles. The molecule has 0 atom stereocenters. The number of nitrogens with zero attached hydrogens (tertiary/aromatic N) is 4. The highest BCUT2D eigenvalue weighted by Crippen LogP contribution is 2.35. The van der Waals surface area contributed by atoms with Gasteiger partial charge in [-0.25, -0.2) is 4.68 Å². The van der Waals surface area contributed by atoms with Crippen molar-refractivity contribution in [2.45, 2.75) is 31.2 Å². The van der Waals surface area contributed by atoms with Crippen molar-refractivity contribution in [1.29, 1.82) is 0 Å². The van der Waals surface area contributed by atoms with Gasteiger partial charge in [0.15, 0.2) is 11.5 Å². The average molecular weight is 325 g/mol. The third-order valence-corrected chi connectivity index (χ3v) is 4.51. The van der Waals surface area contributed by atoms with Gasteiger partial charge < -0.3 is 15.0 Å². The number of hydrogen-bond acceptors (Lipinski definition) is 6. The number of ether oxygens (including phenoxy) is 1. The molecule has 0 aliphatic heterocycles. The Labute approximate surface area is 139 Å². The number of benzene rings is 1. The van der Waals surface area contributed by atoms with Crippen LogP contribution >= 0.6 is 0 Å². The third-order valence-electron chi connectivity index (χ3n) is 4.51. The van der Waals surface area contributed by atoms with E-state index in [1.165, 1.54) is 0 Å². The fourth-order valence-electron chi connectivity index (χ4n) is 3.08. The molecule has 4 rings (SSSR count). The third kappa shape index (κ3) is 2.56. The summed E-state index contributed by atoms with van der Waals surface area (Å²) in [4.78, 5) is 4.47.